The number of carbonyl (C=O) groups is 1. The summed E-state index contributed by atoms with van der Waals surface area (Å²) in [5, 5.41) is -0.523. The molecule has 1 aliphatic rings. The summed E-state index contributed by atoms with van der Waals surface area (Å²) in [4.78, 5) is 16.1. The lowest BCUT2D eigenvalue weighted by Gasteiger charge is -2.19. The van der Waals surface area contributed by atoms with Gasteiger partial charge in [0.15, 0.2) is 14.9 Å². The van der Waals surface area contributed by atoms with Gasteiger partial charge < -0.3 is 9.30 Å². The van der Waals surface area contributed by atoms with Gasteiger partial charge in [-0.2, -0.15) is 0 Å². The van der Waals surface area contributed by atoms with Crippen molar-refractivity contribution in [2.24, 2.45) is 5.92 Å². The van der Waals surface area contributed by atoms with Gasteiger partial charge in [-0.25, -0.2) is 18.2 Å². The zero-order chi connectivity index (χ0) is 16.3. The Morgan fingerprint density at radius 1 is 1.41 bits per heavy atom. The minimum absolute atomic E-state index is 0.0165. The highest BCUT2D eigenvalue weighted by molar-refractivity contribution is 7.91. The predicted molar refractivity (Wildman–Crippen MR) is 82.2 cm³/mol. The van der Waals surface area contributed by atoms with E-state index in [0.717, 1.165) is 12.8 Å². The second-order valence-electron chi connectivity index (χ2n) is 6.18. The average Bonchev–Trinajstić information content (AvgIpc) is 3.15. The lowest BCUT2D eigenvalue weighted by atomic mass is 9.98. The van der Waals surface area contributed by atoms with Gasteiger partial charge in [-0.1, -0.05) is 25.7 Å². The van der Waals surface area contributed by atoms with Crippen LogP contribution in [0.2, 0.25) is 0 Å². The number of ether oxygens (including phenoxy) is 1. The van der Waals surface area contributed by atoms with Crippen LogP contribution in [0.1, 0.15) is 52.0 Å². The molecule has 1 heterocycles. The number of rotatable bonds is 6. The molecule has 0 aromatic carbocycles. The van der Waals surface area contributed by atoms with Crippen LogP contribution in [-0.4, -0.2) is 36.3 Å². The van der Waals surface area contributed by atoms with E-state index < -0.39 is 21.1 Å². The molecule has 1 unspecified atom stereocenters. The van der Waals surface area contributed by atoms with Crippen molar-refractivity contribution in [3.63, 3.8) is 0 Å². The van der Waals surface area contributed by atoms with Gasteiger partial charge in [0.05, 0.1) is 18.7 Å². The lowest BCUT2D eigenvalue weighted by molar-refractivity contribution is -0.145. The Labute approximate surface area is 131 Å². The van der Waals surface area contributed by atoms with Gasteiger partial charge in [0.2, 0.25) is 0 Å². The molecule has 0 spiro atoms. The molecule has 1 fully saturated rings. The number of carbonyl (C=O) groups excluding carboxylic acids is 1. The van der Waals surface area contributed by atoms with E-state index in [2.05, 4.69) is 4.98 Å². The monoisotopic (exact) mass is 328 g/mol. The molecule has 6 nitrogen and oxygen atoms in total. The Bertz CT molecular complexity index is 615. The van der Waals surface area contributed by atoms with Crippen LogP contribution >= 0.6 is 0 Å². The molecule has 1 aromatic heterocycles. The Hall–Kier alpha value is -1.37. The van der Waals surface area contributed by atoms with Crippen molar-refractivity contribution >= 4 is 15.8 Å². The summed E-state index contributed by atoms with van der Waals surface area (Å²) in [6.07, 6.45) is 8.14. The van der Waals surface area contributed by atoms with Crippen molar-refractivity contribution in [1.82, 2.24) is 9.55 Å². The molecule has 0 aliphatic heterocycles. The van der Waals surface area contributed by atoms with Crippen molar-refractivity contribution < 1.29 is 17.9 Å². The topological polar surface area (TPSA) is 78.3 Å². The molecular weight excluding hydrogens is 304 g/mol. The zero-order valence-corrected chi connectivity index (χ0v) is 14.2. The normalized spacial score (nSPS) is 17.8. The fraction of sp³-hybridized carbons (Fsp3) is 0.733. The summed E-state index contributed by atoms with van der Waals surface area (Å²) in [5.41, 5.74) is 0. The third-order valence-electron chi connectivity index (χ3n) is 4.35. The second-order valence-corrected chi connectivity index (χ2v) is 8.63. The number of sulfone groups is 1. The van der Waals surface area contributed by atoms with E-state index in [1.165, 1.54) is 32.5 Å². The summed E-state index contributed by atoms with van der Waals surface area (Å²) < 4.78 is 30.8. The third-order valence-corrected chi connectivity index (χ3v) is 6.39. The van der Waals surface area contributed by atoms with Crippen LogP contribution in [0, 0.1) is 5.92 Å². The Balaban J connectivity index is 2.24. The Morgan fingerprint density at radius 3 is 2.59 bits per heavy atom. The fourth-order valence-corrected chi connectivity index (χ4v) is 3.86. The van der Waals surface area contributed by atoms with Crippen LogP contribution in [0.3, 0.4) is 0 Å². The van der Waals surface area contributed by atoms with E-state index in [0.29, 0.717) is 12.3 Å². The highest BCUT2D eigenvalue weighted by atomic mass is 32.2. The first kappa shape index (κ1) is 17.0. The van der Waals surface area contributed by atoms with Crippen LogP contribution in [0.25, 0.3) is 0 Å². The molecule has 22 heavy (non-hydrogen) atoms. The minimum atomic E-state index is -3.43. The number of aromatic nitrogens is 2. The highest BCUT2D eigenvalue weighted by Crippen LogP contribution is 2.32. The Kier molecular flexibility index (Phi) is 5.26. The van der Waals surface area contributed by atoms with Gasteiger partial charge in [0.1, 0.15) is 6.04 Å². The molecule has 2 rings (SSSR count). The van der Waals surface area contributed by atoms with E-state index in [1.807, 2.05) is 0 Å². The van der Waals surface area contributed by atoms with Crippen molar-refractivity contribution in [2.75, 3.05) is 7.11 Å². The van der Waals surface area contributed by atoms with E-state index in [4.69, 9.17) is 4.74 Å². The molecule has 0 saturated heterocycles. The minimum Gasteiger partial charge on any atom is -0.467 e. The standard InChI is InChI=1S/C15H24N2O4S/c1-11(2)22(19,20)14-9-17(10-16-14)13(15(18)21-3)8-12-6-4-5-7-12/h9-13H,4-8H2,1-3H3. The molecular formula is C15H24N2O4S. The van der Waals surface area contributed by atoms with Crippen molar-refractivity contribution in [1.29, 1.82) is 0 Å². The van der Waals surface area contributed by atoms with Crippen molar-refractivity contribution in [3.05, 3.63) is 12.5 Å². The number of imidazole rings is 1. The largest absolute Gasteiger partial charge is 0.467 e. The van der Waals surface area contributed by atoms with Crippen molar-refractivity contribution in [2.45, 2.75) is 62.3 Å². The number of methoxy groups -OCH3 is 1. The third kappa shape index (κ3) is 3.51. The van der Waals surface area contributed by atoms with Crippen LogP contribution in [0.15, 0.2) is 17.6 Å². The predicted octanol–water partition coefficient (Wildman–Crippen LogP) is 2.36. The van der Waals surface area contributed by atoms with Crippen LogP contribution in [0.4, 0.5) is 0 Å². The van der Waals surface area contributed by atoms with Crippen LogP contribution in [-0.2, 0) is 19.4 Å². The summed E-state index contributed by atoms with van der Waals surface area (Å²) in [5.74, 6) is 0.134. The molecule has 1 aliphatic carbocycles. The molecule has 124 valence electrons. The van der Waals surface area contributed by atoms with Gasteiger partial charge >= 0.3 is 5.97 Å². The number of hydrogen-bond donors (Lipinski definition) is 0. The molecule has 0 bridgehead atoms. The summed E-state index contributed by atoms with van der Waals surface area (Å²) in [6.45, 7) is 3.23. The summed E-state index contributed by atoms with van der Waals surface area (Å²) in [7, 11) is -2.08. The van der Waals surface area contributed by atoms with Gasteiger partial charge in [-0.05, 0) is 26.2 Å². The SMILES string of the molecule is COC(=O)C(CC1CCCC1)n1cnc(S(=O)(=O)C(C)C)c1. The van der Waals surface area contributed by atoms with Crippen LogP contribution in [0.5, 0.6) is 0 Å². The first-order valence-corrected chi connectivity index (χ1v) is 9.26. The molecule has 7 heteroatoms. The molecule has 1 saturated carbocycles. The van der Waals surface area contributed by atoms with Gasteiger partial charge in [0, 0.05) is 6.20 Å². The first-order chi connectivity index (χ1) is 10.4. The maximum Gasteiger partial charge on any atom is 0.328 e. The summed E-state index contributed by atoms with van der Waals surface area (Å²) >= 11 is 0. The molecule has 1 atom stereocenters. The van der Waals surface area contributed by atoms with Crippen molar-refractivity contribution in [3.8, 4) is 0 Å². The molecule has 1 aromatic rings. The maximum absolute atomic E-state index is 12.2. The highest BCUT2D eigenvalue weighted by Gasteiger charge is 2.29. The number of nitrogens with zero attached hydrogens (tertiary/aromatic N) is 2. The molecule has 0 amide bonds. The van der Waals surface area contributed by atoms with Gasteiger partial charge in [-0.15, -0.1) is 0 Å². The van der Waals surface area contributed by atoms with E-state index in [1.54, 1.807) is 18.4 Å². The maximum atomic E-state index is 12.2. The number of hydrogen-bond acceptors (Lipinski definition) is 5. The van der Waals surface area contributed by atoms with Gasteiger partial charge in [-0.3, -0.25) is 0 Å². The average molecular weight is 328 g/mol. The zero-order valence-electron chi connectivity index (χ0n) is 13.4. The van der Waals surface area contributed by atoms with E-state index in [-0.39, 0.29) is 11.0 Å². The Morgan fingerprint density at radius 2 is 2.05 bits per heavy atom. The lowest BCUT2D eigenvalue weighted by Crippen LogP contribution is -2.22. The van der Waals surface area contributed by atoms with Crippen LogP contribution < -0.4 is 0 Å². The van der Waals surface area contributed by atoms with E-state index >= 15 is 0 Å². The number of esters is 1. The van der Waals surface area contributed by atoms with E-state index in [9.17, 15) is 13.2 Å². The smallest absolute Gasteiger partial charge is 0.328 e. The first-order valence-electron chi connectivity index (χ1n) is 7.71. The fourth-order valence-electron chi connectivity index (χ4n) is 2.91. The second kappa shape index (κ2) is 6.81. The summed E-state index contributed by atoms with van der Waals surface area (Å²) in [6, 6.07) is -0.503. The van der Waals surface area contributed by atoms with Gasteiger partial charge in [0.25, 0.3) is 0 Å². The molecule has 0 N–H and O–H groups in total. The molecule has 0 radical (unpaired) electrons. The quantitative estimate of drug-likeness (QED) is 0.749.